The molecular formula is C19H22N6O. The fourth-order valence-corrected chi connectivity index (χ4v) is 3.45. The molecule has 0 aliphatic carbocycles. The molecule has 0 radical (unpaired) electrons. The molecule has 0 amide bonds. The summed E-state index contributed by atoms with van der Waals surface area (Å²) in [6.07, 6.45) is 8.44. The van der Waals surface area contributed by atoms with Crippen molar-refractivity contribution in [3.05, 3.63) is 58.7 Å². The summed E-state index contributed by atoms with van der Waals surface area (Å²) < 4.78 is 0. The van der Waals surface area contributed by atoms with Crippen molar-refractivity contribution in [1.82, 2.24) is 24.9 Å². The number of nitrogens with zero attached hydrogens (tertiary/aromatic N) is 4. The zero-order valence-corrected chi connectivity index (χ0v) is 14.8. The summed E-state index contributed by atoms with van der Waals surface area (Å²) in [6, 6.07) is 5.50. The smallest absolute Gasteiger partial charge is 0.251 e. The molecule has 4 heterocycles. The summed E-state index contributed by atoms with van der Waals surface area (Å²) in [5.74, 6) is 2.96. The van der Waals surface area contributed by atoms with Crippen molar-refractivity contribution in [1.29, 1.82) is 0 Å². The molecule has 0 spiro atoms. The summed E-state index contributed by atoms with van der Waals surface area (Å²) in [7, 11) is 0. The highest BCUT2D eigenvalue weighted by molar-refractivity contribution is 5.56. The first-order valence-electron chi connectivity index (χ1n) is 9.04. The predicted octanol–water partition coefficient (Wildman–Crippen LogP) is 2.50. The zero-order chi connectivity index (χ0) is 17.9. The van der Waals surface area contributed by atoms with Crippen molar-refractivity contribution in [2.75, 3.05) is 18.0 Å². The Kier molecular flexibility index (Phi) is 4.51. The monoisotopic (exact) mass is 350 g/mol. The van der Waals surface area contributed by atoms with Crippen molar-refractivity contribution >= 4 is 5.82 Å². The standard InChI is InChI=1S/C19H22N6O/c1-2-15-10-17(26)24-19(23-15)13-5-6-16(22-11-13)25-9-3-4-14(12-25)18-20-7-8-21-18/h5-8,10-11,14H,2-4,9,12H2,1H3,(H,20,21)(H,23,24,26). The van der Waals surface area contributed by atoms with Gasteiger partial charge in [0.05, 0.1) is 0 Å². The van der Waals surface area contributed by atoms with E-state index in [1.165, 1.54) is 6.07 Å². The van der Waals surface area contributed by atoms with Gasteiger partial charge in [-0.25, -0.2) is 15.0 Å². The first-order valence-corrected chi connectivity index (χ1v) is 9.04. The van der Waals surface area contributed by atoms with Gasteiger partial charge in [0.15, 0.2) is 0 Å². The van der Waals surface area contributed by atoms with Crippen molar-refractivity contribution in [3.8, 4) is 11.4 Å². The van der Waals surface area contributed by atoms with Crippen LogP contribution in [0.3, 0.4) is 0 Å². The summed E-state index contributed by atoms with van der Waals surface area (Å²) in [6.45, 7) is 3.88. The van der Waals surface area contributed by atoms with Crippen LogP contribution in [0.5, 0.6) is 0 Å². The van der Waals surface area contributed by atoms with Crippen LogP contribution in [0.25, 0.3) is 11.4 Å². The highest BCUT2D eigenvalue weighted by atomic mass is 16.1. The van der Waals surface area contributed by atoms with Gasteiger partial charge in [-0.2, -0.15) is 0 Å². The number of hydrogen-bond acceptors (Lipinski definition) is 5. The van der Waals surface area contributed by atoms with Crippen LogP contribution in [-0.4, -0.2) is 38.0 Å². The Hall–Kier alpha value is -2.96. The van der Waals surface area contributed by atoms with E-state index in [2.05, 4.69) is 29.8 Å². The average molecular weight is 350 g/mol. The molecule has 0 aromatic carbocycles. The molecule has 1 fully saturated rings. The average Bonchev–Trinajstić information content (AvgIpc) is 3.22. The number of nitrogens with one attached hydrogen (secondary N) is 2. The third-order valence-corrected chi connectivity index (χ3v) is 4.83. The van der Waals surface area contributed by atoms with E-state index in [9.17, 15) is 4.79 Å². The second kappa shape index (κ2) is 7.11. The Balaban J connectivity index is 1.54. The molecule has 3 aromatic heterocycles. The Labute approximate surface area is 151 Å². The van der Waals surface area contributed by atoms with Crippen LogP contribution in [0.15, 0.2) is 41.6 Å². The Morgan fingerprint density at radius 3 is 2.96 bits per heavy atom. The summed E-state index contributed by atoms with van der Waals surface area (Å²) >= 11 is 0. The lowest BCUT2D eigenvalue weighted by Crippen LogP contribution is -2.35. The van der Waals surface area contributed by atoms with Gasteiger partial charge in [-0.1, -0.05) is 6.92 Å². The fourth-order valence-electron chi connectivity index (χ4n) is 3.45. The van der Waals surface area contributed by atoms with Crippen molar-refractivity contribution in [3.63, 3.8) is 0 Å². The molecule has 7 nitrogen and oxygen atoms in total. The topological polar surface area (TPSA) is 90.6 Å². The van der Waals surface area contributed by atoms with E-state index in [1.54, 1.807) is 12.4 Å². The largest absolute Gasteiger partial charge is 0.356 e. The van der Waals surface area contributed by atoms with Crippen LogP contribution in [0, 0.1) is 0 Å². The van der Waals surface area contributed by atoms with Gasteiger partial charge in [-0.3, -0.25) is 4.79 Å². The van der Waals surface area contributed by atoms with Crippen LogP contribution in [0.1, 0.15) is 37.2 Å². The maximum Gasteiger partial charge on any atom is 0.251 e. The number of aryl methyl sites for hydroxylation is 1. The van der Waals surface area contributed by atoms with Crippen LogP contribution < -0.4 is 10.5 Å². The number of imidazole rings is 1. The molecule has 4 rings (SSSR count). The Bertz CT molecular complexity index is 916. The summed E-state index contributed by atoms with van der Waals surface area (Å²) in [5, 5.41) is 0. The Morgan fingerprint density at radius 1 is 1.31 bits per heavy atom. The number of hydrogen-bond donors (Lipinski definition) is 2. The predicted molar refractivity (Wildman–Crippen MR) is 100 cm³/mol. The minimum absolute atomic E-state index is 0.131. The quantitative estimate of drug-likeness (QED) is 0.754. The minimum atomic E-state index is -0.131. The molecule has 1 aliphatic heterocycles. The van der Waals surface area contributed by atoms with Gasteiger partial charge < -0.3 is 14.9 Å². The van der Waals surface area contributed by atoms with Crippen LogP contribution in [-0.2, 0) is 6.42 Å². The molecular weight excluding hydrogens is 328 g/mol. The molecule has 2 N–H and O–H groups in total. The highest BCUT2D eigenvalue weighted by Gasteiger charge is 2.23. The normalized spacial score (nSPS) is 17.4. The molecule has 1 atom stereocenters. The van der Waals surface area contributed by atoms with E-state index < -0.39 is 0 Å². The van der Waals surface area contributed by atoms with Crippen molar-refractivity contribution < 1.29 is 0 Å². The van der Waals surface area contributed by atoms with E-state index in [0.717, 1.165) is 55.3 Å². The minimum Gasteiger partial charge on any atom is -0.356 e. The third-order valence-electron chi connectivity index (χ3n) is 4.83. The molecule has 134 valence electrons. The Morgan fingerprint density at radius 2 is 2.23 bits per heavy atom. The van der Waals surface area contributed by atoms with Crippen LogP contribution in [0.2, 0.25) is 0 Å². The lowest BCUT2D eigenvalue weighted by atomic mass is 9.97. The van der Waals surface area contributed by atoms with Gasteiger partial charge in [0.1, 0.15) is 17.5 Å². The van der Waals surface area contributed by atoms with E-state index in [4.69, 9.17) is 0 Å². The number of piperidine rings is 1. The number of anilines is 1. The van der Waals surface area contributed by atoms with Gasteiger partial charge in [0.25, 0.3) is 5.56 Å². The number of aromatic amines is 2. The molecule has 3 aromatic rings. The molecule has 7 heteroatoms. The van der Waals surface area contributed by atoms with Crippen molar-refractivity contribution in [2.45, 2.75) is 32.1 Å². The van der Waals surface area contributed by atoms with Crippen LogP contribution >= 0.6 is 0 Å². The molecule has 1 saturated heterocycles. The van der Waals surface area contributed by atoms with Crippen molar-refractivity contribution in [2.24, 2.45) is 0 Å². The molecule has 1 aliphatic rings. The van der Waals surface area contributed by atoms with E-state index >= 15 is 0 Å². The molecule has 1 unspecified atom stereocenters. The van der Waals surface area contributed by atoms with Gasteiger partial charge >= 0.3 is 0 Å². The maximum absolute atomic E-state index is 11.8. The molecule has 26 heavy (non-hydrogen) atoms. The second-order valence-corrected chi connectivity index (χ2v) is 6.60. The van der Waals surface area contributed by atoms with Gasteiger partial charge in [0, 0.05) is 54.9 Å². The maximum atomic E-state index is 11.8. The van der Waals surface area contributed by atoms with E-state index in [0.29, 0.717) is 11.7 Å². The van der Waals surface area contributed by atoms with E-state index in [-0.39, 0.29) is 5.56 Å². The van der Waals surface area contributed by atoms with E-state index in [1.807, 2.05) is 25.3 Å². The molecule has 0 bridgehead atoms. The zero-order valence-electron chi connectivity index (χ0n) is 14.8. The first-order chi connectivity index (χ1) is 12.7. The fraction of sp³-hybridized carbons (Fsp3) is 0.368. The van der Waals surface area contributed by atoms with Crippen LogP contribution in [0.4, 0.5) is 5.82 Å². The number of H-pyrrole nitrogens is 2. The second-order valence-electron chi connectivity index (χ2n) is 6.60. The highest BCUT2D eigenvalue weighted by Crippen LogP contribution is 2.27. The summed E-state index contributed by atoms with van der Waals surface area (Å²) in [4.78, 5) is 33.6. The lowest BCUT2D eigenvalue weighted by molar-refractivity contribution is 0.491. The van der Waals surface area contributed by atoms with Gasteiger partial charge in [0.2, 0.25) is 0 Å². The first kappa shape index (κ1) is 16.5. The van der Waals surface area contributed by atoms with Gasteiger partial charge in [-0.05, 0) is 31.4 Å². The number of pyridine rings is 1. The lowest BCUT2D eigenvalue weighted by Gasteiger charge is -2.32. The number of rotatable bonds is 4. The SMILES string of the molecule is CCc1cc(=O)[nH]c(-c2ccc(N3CCCC(c4ncc[nH]4)C3)nc2)n1. The summed E-state index contributed by atoms with van der Waals surface area (Å²) in [5.41, 5.74) is 1.47. The third kappa shape index (κ3) is 3.37. The van der Waals surface area contributed by atoms with Gasteiger partial charge in [-0.15, -0.1) is 0 Å². The molecule has 0 saturated carbocycles. The number of aromatic nitrogens is 5.